The molecule has 0 amide bonds. The van der Waals surface area contributed by atoms with Crippen molar-refractivity contribution in [3.63, 3.8) is 0 Å². The van der Waals surface area contributed by atoms with E-state index in [0.29, 0.717) is 0 Å². The van der Waals surface area contributed by atoms with Crippen LogP contribution in [0.3, 0.4) is 0 Å². The molecule has 0 atom stereocenters. The van der Waals surface area contributed by atoms with Gasteiger partial charge in [0.2, 0.25) is 0 Å². The Labute approximate surface area is 87.3 Å². The van der Waals surface area contributed by atoms with Crippen LogP contribution >= 0.6 is 15.9 Å². The number of unbranched alkanes of at least 4 members (excludes halogenated alkanes) is 2. The monoisotopic (exact) mass is 244 g/mol. The van der Waals surface area contributed by atoms with Crippen molar-refractivity contribution < 1.29 is 4.39 Å². The highest BCUT2D eigenvalue weighted by molar-refractivity contribution is 9.09. The van der Waals surface area contributed by atoms with Gasteiger partial charge < -0.3 is 0 Å². The number of hydrogen-bond acceptors (Lipinski definition) is 0. The minimum atomic E-state index is -0.127. The van der Waals surface area contributed by atoms with E-state index in [-0.39, 0.29) is 5.82 Å². The van der Waals surface area contributed by atoms with Crippen LogP contribution in [0.2, 0.25) is 0 Å². The third-order valence-corrected chi connectivity index (χ3v) is 2.55. The fourth-order valence-electron chi connectivity index (χ4n) is 1.29. The number of halogens is 2. The lowest BCUT2D eigenvalue weighted by molar-refractivity contribution is 0.623. The van der Waals surface area contributed by atoms with E-state index in [4.69, 9.17) is 0 Å². The van der Waals surface area contributed by atoms with Crippen LogP contribution in [0.4, 0.5) is 4.39 Å². The highest BCUT2D eigenvalue weighted by Gasteiger charge is 1.94. The largest absolute Gasteiger partial charge is 0.207 e. The second kappa shape index (κ2) is 6.14. The van der Waals surface area contributed by atoms with Crippen LogP contribution in [-0.2, 0) is 6.42 Å². The van der Waals surface area contributed by atoms with Crippen LogP contribution in [0.25, 0.3) is 0 Å². The predicted molar refractivity (Wildman–Crippen MR) is 57.7 cm³/mol. The second-order valence-electron chi connectivity index (χ2n) is 3.13. The van der Waals surface area contributed by atoms with E-state index in [9.17, 15) is 4.39 Å². The van der Waals surface area contributed by atoms with Gasteiger partial charge in [0.15, 0.2) is 0 Å². The molecule has 13 heavy (non-hydrogen) atoms. The lowest BCUT2D eigenvalue weighted by Gasteiger charge is -2.00. The number of hydrogen-bond donors (Lipinski definition) is 0. The maximum absolute atomic E-state index is 12.7. The molecule has 0 nitrogen and oxygen atoms in total. The molecule has 0 N–H and O–H groups in total. The van der Waals surface area contributed by atoms with Crippen molar-refractivity contribution in [2.45, 2.75) is 25.7 Å². The lowest BCUT2D eigenvalue weighted by atomic mass is 10.1. The molecule has 1 aromatic carbocycles. The molecular weight excluding hydrogens is 231 g/mol. The second-order valence-corrected chi connectivity index (χ2v) is 3.92. The Hall–Kier alpha value is -0.370. The summed E-state index contributed by atoms with van der Waals surface area (Å²) in [6.45, 7) is 0. The first-order chi connectivity index (χ1) is 6.33. The SMILES string of the molecule is Fc1cccc(CCCCCBr)c1. The fraction of sp³-hybridized carbons (Fsp3) is 0.455. The molecule has 2 heteroatoms. The van der Waals surface area contributed by atoms with Crippen LogP contribution in [0.15, 0.2) is 24.3 Å². The predicted octanol–water partition coefficient (Wildman–Crippen LogP) is 3.93. The molecule has 0 aromatic heterocycles. The molecule has 0 aliphatic heterocycles. The molecule has 0 heterocycles. The van der Waals surface area contributed by atoms with Gasteiger partial charge in [-0.05, 0) is 37.0 Å². The Balaban J connectivity index is 2.28. The van der Waals surface area contributed by atoms with Crippen LogP contribution in [0.1, 0.15) is 24.8 Å². The van der Waals surface area contributed by atoms with Gasteiger partial charge in [0.05, 0.1) is 0 Å². The van der Waals surface area contributed by atoms with Gasteiger partial charge in [-0.2, -0.15) is 0 Å². The van der Waals surface area contributed by atoms with E-state index < -0.39 is 0 Å². The molecule has 0 aliphatic rings. The first kappa shape index (κ1) is 10.7. The minimum Gasteiger partial charge on any atom is -0.207 e. The number of rotatable bonds is 5. The van der Waals surface area contributed by atoms with Crippen molar-refractivity contribution in [3.05, 3.63) is 35.6 Å². The van der Waals surface area contributed by atoms with Crippen LogP contribution in [0, 0.1) is 5.82 Å². The first-order valence-corrected chi connectivity index (χ1v) is 5.75. The van der Waals surface area contributed by atoms with Gasteiger partial charge in [0.1, 0.15) is 5.82 Å². The third-order valence-electron chi connectivity index (χ3n) is 1.99. The van der Waals surface area contributed by atoms with Crippen molar-refractivity contribution in [2.24, 2.45) is 0 Å². The van der Waals surface area contributed by atoms with Crippen molar-refractivity contribution >= 4 is 15.9 Å². The molecule has 1 rings (SSSR count). The van der Waals surface area contributed by atoms with E-state index in [1.807, 2.05) is 6.07 Å². The molecule has 72 valence electrons. The smallest absolute Gasteiger partial charge is 0.123 e. The van der Waals surface area contributed by atoms with Crippen LogP contribution < -0.4 is 0 Å². The summed E-state index contributed by atoms with van der Waals surface area (Å²) in [4.78, 5) is 0. The van der Waals surface area contributed by atoms with E-state index in [1.165, 1.54) is 18.9 Å². The van der Waals surface area contributed by atoms with Gasteiger partial charge in [-0.3, -0.25) is 0 Å². The van der Waals surface area contributed by atoms with E-state index >= 15 is 0 Å². The topological polar surface area (TPSA) is 0 Å². The zero-order chi connectivity index (χ0) is 9.52. The molecule has 0 unspecified atom stereocenters. The summed E-state index contributed by atoms with van der Waals surface area (Å²) in [5.41, 5.74) is 1.11. The summed E-state index contributed by atoms with van der Waals surface area (Å²) >= 11 is 3.39. The highest BCUT2D eigenvalue weighted by atomic mass is 79.9. The molecule has 0 aliphatic carbocycles. The normalized spacial score (nSPS) is 10.3. The number of benzene rings is 1. The maximum Gasteiger partial charge on any atom is 0.123 e. The van der Waals surface area contributed by atoms with Crippen molar-refractivity contribution in [2.75, 3.05) is 5.33 Å². The van der Waals surface area contributed by atoms with Crippen molar-refractivity contribution in [1.82, 2.24) is 0 Å². The minimum absolute atomic E-state index is 0.127. The Kier molecular flexibility index (Phi) is 5.06. The number of alkyl halides is 1. The van der Waals surface area contributed by atoms with E-state index in [0.717, 1.165) is 23.7 Å². The standard InChI is InChI=1S/C11H14BrF/c12-8-3-1-2-5-10-6-4-7-11(13)9-10/h4,6-7,9H,1-3,5,8H2. The Bertz CT molecular complexity index is 248. The average molecular weight is 245 g/mol. The molecule has 0 spiro atoms. The summed E-state index contributed by atoms with van der Waals surface area (Å²) in [5, 5.41) is 1.07. The molecule has 0 saturated heterocycles. The van der Waals surface area contributed by atoms with Gasteiger partial charge in [-0.15, -0.1) is 0 Å². The summed E-state index contributed by atoms with van der Waals surface area (Å²) in [6.07, 6.45) is 4.55. The van der Waals surface area contributed by atoms with Gasteiger partial charge >= 0.3 is 0 Å². The van der Waals surface area contributed by atoms with Gasteiger partial charge in [0, 0.05) is 5.33 Å². The molecule has 0 bridgehead atoms. The molecule has 1 aromatic rings. The third kappa shape index (κ3) is 4.41. The quantitative estimate of drug-likeness (QED) is 0.544. The maximum atomic E-state index is 12.7. The summed E-state index contributed by atoms with van der Waals surface area (Å²) in [7, 11) is 0. The van der Waals surface area contributed by atoms with Crippen molar-refractivity contribution in [1.29, 1.82) is 0 Å². The first-order valence-electron chi connectivity index (χ1n) is 4.63. The lowest BCUT2D eigenvalue weighted by Crippen LogP contribution is -1.87. The Morgan fingerprint density at radius 2 is 2.00 bits per heavy atom. The van der Waals surface area contributed by atoms with Crippen LogP contribution in [-0.4, -0.2) is 5.33 Å². The van der Waals surface area contributed by atoms with Crippen LogP contribution in [0.5, 0.6) is 0 Å². The van der Waals surface area contributed by atoms with Gasteiger partial charge in [0.25, 0.3) is 0 Å². The van der Waals surface area contributed by atoms with Gasteiger partial charge in [-0.25, -0.2) is 4.39 Å². The zero-order valence-corrected chi connectivity index (χ0v) is 9.19. The molecule has 0 saturated carbocycles. The molecule has 0 fully saturated rings. The summed E-state index contributed by atoms with van der Waals surface area (Å²) < 4.78 is 12.7. The summed E-state index contributed by atoms with van der Waals surface area (Å²) in [6, 6.07) is 6.86. The van der Waals surface area contributed by atoms with E-state index in [2.05, 4.69) is 15.9 Å². The van der Waals surface area contributed by atoms with Crippen molar-refractivity contribution in [3.8, 4) is 0 Å². The fourth-order valence-corrected chi connectivity index (χ4v) is 1.69. The summed E-state index contributed by atoms with van der Waals surface area (Å²) in [5.74, 6) is -0.127. The zero-order valence-electron chi connectivity index (χ0n) is 7.60. The molecule has 0 radical (unpaired) electrons. The highest BCUT2D eigenvalue weighted by Crippen LogP contribution is 2.08. The van der Waals surface area contributed by atoms with E-state index in [1.54, 1.807) is 12.1 Å². The molecular formula is C11H14BrF. The van der Waals surface area contributed by atoms with Gasteiger partial charge in [-0.1, -0.05) is 34.5 Å². The Morgan fingerprint density at radius 1 is 1.15 bits per heavy atom. The Morgan fingerprint density at radius 3 is 2.69 bits per heavy atom. The number of aryl methyl sites for hydroxylation is 1. The average Bonchev–Trinajstić information content (AvgIpc) is 2.13.